The maximum Gasteiger partial charge on any atom is 0.0607 e. The highest BCUT2D eigenvalue weighted by atomic mass is 15.3. The Balaban J connectivity index is 0.830. The zero-order valence-corrected chi connectivity index (χ0v) is 36.5. The summed E-state index contributed by atoms with van der Waals surface area (Å²) in [6.45, 7) is 0. The Morgan fingerprint density at radius 2 is 0.839 bits per heavy atom. The molecule has 15 atom stereocenters. The molecule has 0 bridgehead atoms. The van der Waals surface area contributed by atoms with Crippen molar-refractivity contribution in [2.75, 3.05) is 0 Å². The van der Waals surface area contributed by atoms with Crippen LogP contribution in [0.2, 0.25) is 0 Å². The highest BCUT2D eigenvalue weighted by molar-refractivity contribution is 5.12. The Morgan fingerprint density at radius 3 is 1.59 bits per heavy atom. The number of likely N-dealkylation sites (tertiary alicyclic amines) is 2. The first-order valence-corrected chi connectivity index (χ1v) is 27.1. The number of hydrogen-bond acceptors (Lipinski definition) is 3. The third-order valence-corrected chi connectivity index (χ3v) is 21.4. The van der Waals surface area contributed by atoms with Gasteiger partial charge < -0.3 is 0 Å². The van der Waals surface area contributed by atoms with E-state index in [2.05, 4.69) is 15.1 Å². The molecule has 316 valence electrons. The lowest BCUT2D eigenvalue weighted by atomic mass is 9.59. The Kier molecular flexibility index (Phi) is 12.0. The molecule has 11 rings (SSSR count). The van der Waals surface area contributed by atoms with E-state index in [1.807, 2.05) is 0 Å². The lowest BCUT2D eigenvalue weighted by molar-refractivity contribution is -0.0137. The lowest BCUT2D eigenvalue weighted by Crippen LogP contribution is -2.61. The second-order valence-electron chi connectivity index (χ2n) is 23.8. The van der Waals surface area contributed by atoms with Crippen LogP contribution in [0.25, 0.3) is 0 Å². The fourth-order valence-corrected chi connectivity index (χ4v) is 19.3. The summed E-state index contributed by atoms with van der Waals surface area (Å²) in [7, 11) is 0. The topological polar surface area (TPSA) is 18.5 Å². The second-order valence-corrected chi connectivity index (χ2v) is 23.8. The van der Waals surface area contributed by atoms with Crippen LogP contribution in [0.15, 0.2) is 0 Å². The molecule has 3 heteroatoms. The van der Waals surface area contributed by atoms with Crippen molar-refractivity contribution in [3.05, 3.63) is 0 Å². The van der Waals surface area contributed by atoms with Crippen LogP contribution in [0.4, 0.5) is 0 Å². The largest absolute Gasteiger partial charge is 0.299 e. The summed E-state index contributed by atoms with van der Waals surface area (Å²) in [5, 5.41) is 4.64. The average Bonchev–Trinajstić information content (AvgIpc) is 3.80. The molecule has 0 amide bonds. The molecular formula is C53H89N3. The van der Waals surface area contributed by atoms with Gasteiger partial charge in [0, 0.05) is 36.3 Å². The van der Waals surface area contributed by atoms with Gasteiger partial charge in [-0.05, 0) is 161 Å². The molecule has 15 unspecified atom stereocenters. The highest BCUT2D eigenvalue weighted by Gasteiger charge is 2.59. The molecule has 0 aromatic heterocycles. The summed E-state index contributed by atoms with van der Waals surface area (Å²) in [5.74, 6) is 11.4. The van der Waals surface area contributed by atoms with Crippen molar-refractivity contribution >= 4 is 0 Å². The molecule has 3 nitrogen and oxygen atoms in total. The molecule has 1 N–H and O–H groups in total. The number of nitrogens with zero attached hydrogens (tertiary/aromatic N) is 2. The van der Waals surface area contributed by atoms with Gasteiger partial charge in [0.25, 0.3) is 0 Å². The molecule has 8 saturated carbocycles. The molecule has 0 aromatic carbocycles. The van der Waals surface area contributed by atoms with E-state index in [0.29, 0.717) is 6.17 Å². The highest BCUT2D eigenvalue weighted by Crippen LogP contribution is 2.60. The standard InChI is InChI=1S/C53H89N3/c1-4-16-36(17-5-1)39-22-14-23-42(32-39)55-48-27-12-10-24-44(48)46-33-40(30-31-50(46)55)43-26-15-29-51-53(43)45-25-11-13-28-49(45)56(51)52-35-41(37-18-6-2-7-19-37)34-47(54-52)38-20-8-3-9-21-38/h36-54H,1-35H2. The fraction of sp³-hybridized carbons (Fsp3) is 1.00. The monoisotopic (exact) mass is 768 g/mol. The number of hydrogen-bond donors (Lipinski definition) is 1. The van der Waals surface area contributed by atoms with Crippen molar-refractivity contribution in [1.82, 2.24) is 15.1 Å². The van der Waals surface area contributed by atoms with Gasteiger partial charge in [0.05, 0.1) is 6.17 Å². The summed E-state index contributed by atoms with van der Waals surface area (Å²) >= 11 is 0. The smallest absolute Gasteiger partial charge is 0.0607 e. The van der Waals surface area contributed by atoms with Crippen LogP contribution in [-0.2, 0) is 0 Å². The maximum absolute atomic E-state index is 4.64. The number of nitrogens with one attached hydrogen (secondary N) is 1. The van der Waals surface area contributed by atoms with Crippen molar-refractivity contribution < 1.29 is 0 Å². The summed E-state index contributed by atoms with van der Waals surface area (Å²) in [4.78, 5) is 6.75. The Bertz CT molecular complexity index is 1240. The van der Waals surface area contributed by atoms with E-state index in [0.717, 1.165) is 101 Å². The van der Waals surface area contributed by atoms with Crippen LogP contribution in [0.5, 0.6) is 0 Å². The molecule has 56 heavy (non-hydrogen) atoms. The predicted octanol–water partition coefficient (Wildman–Crippen LogP) is 13.3. The Morgan fingerprint density at radius 1 is 0.286 bits per heavy atom. The maximum atomic E-state index is 4.64. The van der Waals surface area contributed by atoms with E-state index in [1.54, 1.807) is 109 Å². The predicted molar refractivity (Wildman–Crippen MR) is 233 cm³/mol. The SMILES string of the molecule is C1CCC(C2CCCC(N3C4CCCCC4C4CC(C5CCCC6C5C5CCCCC5N6C5CC(C6CCCCC6)CC(C6CCCCC6)N5)CCC43)C2)CC1. The van der Waals surface area contributed by atoms with Gasteiger partial charge in [0.2, 0.25) is 0 Å². The van der Waals surface area contributed by atoms with Gasteiger partial charge in [-0.25, -0.2) is 0 Å². The fourth-order valence-electron chi connectivity index (χ4n) is 19.3. The van der Waals surface area contributed by atoms with Gasteiger partial charge in [0.1, 0.15) is 0 Å². The van der Waals surface area contributed by atoms with Gasteiger partial charge >= 0.3 is 0 Å². The average molecular weight is 768 g/mol. The first-order valence-electron chi connectivity index (χ1n) is 27.1. The first kappa shape index (κ1) is 38.8. The zero-order chi connectivity index (χ0) is 37.0. The van der Waals surface area contributed by atoms with Crippen molar-refractivity contribution in [3.63, 3.8) is 0 Å². The van der Waals surface area contributed by atoms with E-state index in [4.69, 9.17) is 0 Å². The zero-order valence-electron chi connectivity index (χ0n) is 36.5. The summed E-state index contributed by atoms with van der Waals surface area (Å²) in [6.07, 6.45) is 54.8. The molecule has 0 spiro atoms. The second kappa shape index (κ2) is 17.3. The molecule has 11 aliphatic rings. The molecule has 0 radical (unpaired) electrons. The van der Waals surface area contributed by atoms with Gasteiger partial charge in [-0.2, -0.15) is 0 Å². The van der Waals surface area contributed by atoms with Crippen LogP contribution in [0, 0.1) is 65.1 Å². The molecule has 3 aliphatic heterocycles. The van der Waals surface area contributed by atoms with E-state index in [9.17, 15) is 0 Å². The lowest BCUT2D eigenvalue weighted by Gasteiger charge is -2.51. The molecule has 11 fully saturated rings. The molecule has 3 saturated heterocycles. The van der Waals surface area contributed by atoms with Gasteiger partial charge in [0.15, 0.2) is 0 Å². The molecular weight excluding hydrogens is 679 g/mol. The van der Waals surface area contributed by atoms with Crippen LogP contribution >= 0.6 is 0 Å². The Labute approximate surface area is 346 Å². The first-order chi connectivity index (χ1) is 27.8. The van der Waals surface area contributed by atoms with Crippen molar-refractivity contribution in [2.45, 2.75) is 267 Å². The minimum absolute atomic E-state index is 0.692. The van der Waals surface area contributed by atoms with Crippen molar-refractivity contribution in [2.24, 2.45) is 65.1 Å². The quantitative estimate of drug-likeness (QED) is 0.290. The van der Waals surface area contributed by atoms with E-state index in [1.165, 1.54) is 116 Å². The normalized spacial score (nSPS) is 49.2. The summed E-state index contributed by atoms with van der Waals surface area (Å²) in [6, 6.07) is 5.47. The van der Waals surface area contributed by atoms with E-state index >= 15 is 0 Å². The van der Waals surface area contributed by atoms with Gasteiger partial charge in [-0.3, -0.25) is 15.1 Å². The minimum Gasteiger partial charge on any atom is -0.299 e. The summed E-state index contributed by atoms with van der Waals surface area (Å²) < 4.78 is 0. The van der Waals surface area contributed by atoms with Crippen LogP contribution < -0.4 is 5.32 Å². The summed E-state index contributed by atoms with van der Waals surface area (Å²) in [5.41, 5.74) is 0. The van der Waals surface area contributed by atoms with Crippen molar-refractivity contribution in [1.29, 1.82) is 0 Å². The number of rotatable bonds is 6. The van der Waals surface area contributed by atoms with E-state index in [-0.39, 0.29) is 0 Å². The third-order valence-electron chi connectivity index (χ3n) is 21.4. The minimum atomic E-state index is 0.692. The van der Waals surface area contributed by atoms with Gasteiger partial charge in [-0.15, -0.1) is 0 Å². The number of fused-ring (bicyclic) bond motifs is 6. The molecule has 8 aliphatic carbocycles. The molecule has 0 aromatic rings. The van der Waals surface area contributed by atoms with E-state index < -0.39 is 0 Å². The molecule has 3 heterocycles. The Hall–Kier alpha value is -0.120. The van der Waals surface area contributed by atoms with Gasteiger partial charge in [-0.1, -0.05) is 128 Å². The number of piperidine rings is 1. The van der Waals surface area contributed by atoms with Crippen LogP contribution in [0.3, 0.4) is 0 Å². The van der Waals surface area contributed by atoms with Crippen LogP contribution in [0.1, 0.15) is 225 Å². The third kappa shape index (κ3) is 7.38. The van der Waals surface area contributed by atoms with Crippen LogP contribution in [-0.4, -0.2) is 52.2 Å². The van der Waals surface area contributed by atoms with Crippen molar-refractivity contribution in [3.8, 4) is 0 Å².